The van der Waals surface area contributed by atoms with Crippen molar-refractivity contribution in [2.75, 3.05) is 6.54 Å². The van der Waals surface area contributed by atoms with Gasteiger partial charge in [-0.15, -0.1) is 0 Å². The van der Waals surface area contributed by atoms with Gasteiger partial charge in [0, 0.05) is 12.1 Å². The second-order valence-corrected chi connectivity index (χ2v) is 5.42. The van der Waals surface area contributed by atoms with Crippen LogP contribution in [0.15, 0.2) is 0 Å². The molecule has 2 unspecified atom stereocenters. The normalized spacial score (nSPS) is 26.9. The zero-order chi connectivity index (χ0) is 13.1. The van der Waals surface area contributed by atoms with Crippen LogP contribution in [0, 0.1) is 5.92 Å². The van der Waals surface area contributed by atoms with Gasteiger partial charge in [-0.05, 0) is 25.2 Å². The van der Waals surface area contributed by atoms with E-state index in [9.17, 15) is 9.59 Å². The van der Waals surface area contributed by atoms with Gasteiger partial charge in [0.2, 0.25) is 0 Å². The largest absolute Gasteiger partial charge is 0.480 e. The number of carboxylic acid groups (broad SMARTS) is 1. The Morgan fingerprint density at radius 2 is 2.00 bits per heavy atom. The summed E-state index contributed by atoms with van der Waals surface area (Å²) in [7, 11) is 0. The Morgan fingerprint density at radius 3 is 2.50 bits per heavy atom. The summed E-state index contributed by atoms with van der Waals surface area (Å²) in [6, 6.07) is 0.186. The molecule has 0 radical (unpaired) electrons. The van der Waals surface area contributed by atoms with Crippen molar-refractivity contribution in [3.05, 3.63) is 0 Å². The van der Waals surface area contributed by atoms with E-state index in [0.717, 1.165) is 38.5 Å². The van der Waals surface area contributed by atoms with Crippen molar-refractivity contribution in [2.45, 2.75) is 57.5 Å². The van der Waals surface area contributed by atoms with Crippen LogP contribution in [0.4, 0.5) is 4.79 Å². The van der Waals surface area contributed by atoms with Gasteiger partial charge in [-0.3, -0.25) is 4.79 Å². The van der Waals surface area contributed by atoms with Crippen LogP contribution >= 0.6 is 0 Å². The van der Waals surface area contributed by atoms with E-state index in [2.05, 4.69) is 12.2 Å². The van der Waals surface area contributed by atoms with E-state index >= 15 is 0 Å². The number of carboxylic acids is 1. The molecule has 5 heteroatoms. The molecule has 102 valence electrons. The molecule has 0 heterocycles. The van der Waals surface area contributed by atoms with Crippen molar-refractivity contribution in [3.63, 3.8) is 0 Å². The molecule has 0 aliphatic heterocycles. The molecule has 2 saturated carbocycles. The maximum absolute atomic E-state index is 12.1. The molecule has 2 amide bonds. The van der Waals surface area contributed by atoms with Crippen molar-refractivity contribution in [3.8, 4) is 0 Å². The van der Waals surface area contributed by atoms with E-state index in [0.29, 0.717) is 5.92 Å². The summed E-state index contributed by atoms with van der Waals surface area (Å²) in [6.07, 6.45) is 6.16. The molecule has 0 aromatic rings. The average molecular weight is 254 g/mol. The molecule has 5 nitrogen and oxygen atoms in total. The first kappa shape index (κ1) is 13.2. The van der Waals surface area contributed by atoms with Crippen LogP contribution < -0.4 is 5.32 Å². The van der Waals surface area contributed by atoms with Crippen LogP contribution in [0.1, 0.15) is 45.4 Å². The summed E-state index contributed by atoms with van der Waals surface area (Å²) in [6.45, 7) is 1.93. The van der Waals surface area contributed by atoms with E-state index in [1.807, 2.05) is 0 Å². The highest BCUT2D eigenvalue weighted by molar-refractivity contribution is 5.80. The molecular weight excluding hydrogens is 232 g/mol. The fourth-order valence-electron chi connectivity index (χ4n) is 2.85. The zero-order valence-electron chi connectivity index (χ0n) is 10.9. The lowest BCUT2D eigenvalue weighted by atomic mass is 10.2. The number of carbonyl (C=O) groups excluding carboxylic acids is 1. The minimum atomic E-state index is -0.931. The van der Waals surface area contributed by atoms with Gasteiger partial charge in [0.05, 0.1) is 0 Å². The fraction of sp³-hybridized carbons (Fsp3) is 0.846. The molecule has 2 fully saturated rings. The van der Waals surface area contributed by atoms with E-state index in [1.165, 1.54) is 4.90 Å². The monoisotopic (exact) mass is 254 g/mol. The van der Waals surface area contributed by atoms with Crippen LogP contribution in [0.2, 0.25) is 0 Å². The Bertz CT molecular complexity index is 326. The summed E-state index contributed by atoms with van der Waals surface area (Å²) < 4.78 is 0. The predicted octanol–water partition coefficient (Wildman–Crippen LogP) is 1.82. The van der Waals surface area contributed by atoms with Gasteiger partial charge in [-0.2, -0.15) is 0 Å². The lowest BCUT2D eigenvalue weighted by Crippen LogP contribution is -2.48. The Morgan fingerprint density at radius 1 is 1.33 bits per heavy atom. The van der Waals surface area contributed by atoms with Crippen molar-refractivity contribution in [1.82, 2.24) is 10.2 Å². The maximum atomic E-state index is 12.1. The first-order valence-corrected chi connectivity index (χ1v) is 6.90. The Balaban J connectivity index is 1.90. The van der Waals surface area contributed by atoms with Crippen LogP contribution in [-0.4, -0.2) is 40.6 Å². The number of carbonyl (C=O) groups is 2. The molecule has 0 bridgehead atoms. The van der Waals surface area contributed by atoms with Gasteiger partial charge in [-0.25, -0.2) is 4.79 Å². The molecule has 2 aliphatic rings. The lowest BCUT2D eigenvalue weighted by Gasteiger charge is -2.27. The summed E-state index contributed by atoms with van der Waals surface area (Å²) in [5.41, 5.74) is 0. The third-order valence-electron chi connectivity index (χ3n) is 4.09. The third-order valence-corrected chi connectivity index (χ3v) is 4.09. The smallest absolute Gasteiger partial charge is 0.323 e. The molecule has 2 N–H and O–H groups in total. The fourth-order valence-corrected chi connectivity index (χ4v) is 2.85. The minimum Gasteiger partial charge on any atom is -0.480 e. The number of amides is 2. The molecule has 2 aliphatic carbocycles. The average Bonchev–Trinajstić information content (AvgIpc) is 2.86. The highest BCUT2D eigenvalue weighted by atomic mass is 16.4. The van der Waals surface area contributed by atoms with Crippen molar-refractivity contribution < 1.29 is 14.7 Å². The molecular formula is C13H22N2O3. The number of nitrogens with zero attached hydrogens (tertiary/aromatic N) is 1. The molecule has 0 aromatic carbocycles. The van der Waals surface area contributed by atoms with E-state index in [1.54, 1.807) is 0 Å². The predicted molar refractivity (Wildman–Crippen MR) is 67.3 cm³/mol. The molecule has 2 rings (SSSR count). The Hall–Kier alpha value is -1.26. The zero-order valence-corrected chi connectivity index (χ0v) is 10.9. The van der Waals surface area contributed by atoms with Crippen LogP contribution in [0.5, 0.6) is 0 Å². The number of aliphatic carboxylic acids is 1. The number of nitrogens with one attached hydrogen (secondary N) is 1. The first-order valence-electron chi connectivity index (χ1n) is 6.90. The van der Waals surface area contributed by atoms with Crippen molar-refractivity contribution in [1.29, 1.82) is 0 Å². The second kappa shape index (κ2) is 5.59. The van der Waals surface area contributed by atoms with Gasteiger partial charge in [-0.1, -0.05) is 26.2 Å². The molecule has 0 saturated heterocycles. The summed E-state index contributed by atoms with van der Waals surface area (Å²) in [4.78, 5) is 24.5. The summed E-state index contributed by atoms with van der Waals surface area (Å²) in [5.74, 6) is -0.343. The van der Waals surface area contributed by atoms with Crippen molar-refractivity contribution in [2.24, 2.45) is 5.92 Å². The topological polar surface area (TPSA) is 69.6 Å². The standard InChI is InChI=1S/C13H22N2O3/c1-2-9-7-11(9)14-13(18)15(8-12(16)17)10-5-3-4-6-10/h9-11H,2-8H2,1H3,(H,14,18)(H,16,17). The van der Waals surface area contributed by atoms with E-state index < -0.39 is 5.97 Å². The third kappa shape index (κ3) is 3.15. The minimum absolute atomic E-state index is 0.111. The second-order valence-electron chi connectivity index (χ2n) is 5.42. The maximum Gasteiger partial charge on any atom is 0.323 e. The Labute approximate surface area is 108 Å². The van der Waals surface area contributed by atoms with Crippen LogP contribution in [0.3, 0.4) is 0 Å². The van der Waals surface area contributed by atoms with Gasteiger partial charge in [0.25, 0.3) is 0 Å². The van der Waals surface area contributed by atoms with Crippen molar-refractivity contribution >= 4 is 12.0 Å². The van der Waals surface area contributed by atoms with E-state index in [4.69, 9.17) is 5.11 Å². The lowest BCUT2D eigenvalue weighted by molar-refractivity contribution is -0.138. The number of rotatable bonds is 5. The van der Waals surface area contributed by atoms with Crippen LogP contribution in [0.25, 0.3) is 0 Å². The molecule has 0 aromatic heterocycles. The van der Waals surface area contributed by atoms with Gasteiger partial charge in [0.1, 0.15) is 6.54 Å². The number of hydrogen-bond donors (Lipinski definition) is 2. The SMILES string of the molecule is CCC1CC1NC(=O)N(CC(=O)O)C1CCCC1. The van der Waals surface area contributed by atoms with E-state index in [-0.39, 0.29) is 24.7 Å². The van der Waals surface area contributed by atoms with Gasteiger partial charge in [0.15, 0.2) is 0 Å². The first-order chi connectivity index (χ1) is 8.61. The molecule has 2 atom stereocenters. The summed E-state index contributed by atoms with van der Waals surface area (Å²) >= 11 is 0. The highest BCUT2D eigenvalue weighted by Crippen LogP contribution is 2.33. The number of urea groups is 1. The summed E-state index contributed by atoms with van der Waals surface area (Å²) in [5, 5.41) is 11.9. The Kier molecular flexibility index (Phi) is 4.09. The van der Waals surface area contributed by atoms with Gasteiger partial charge >= 0.3 is 12.0 Å². The number of hydrogen-bond acceptors (Lipinski definition) is 2. The molecule has 0 spiro atoms. The highest BCUT2D eigenvalue weighted by Gasteiger charge is 2.38. The van der Waals surface area contributed by atoms with Crippen LogP contribution in [-0.2, 0) is 4.79 Å². The van der Waals surface area contributed by atoms with Gasteiger partial charge < -0.3 is 15.3 Å². The molecule has 18 heavy (non-hydrogen) atoms. The quantitative estimate of drug-likeness (QED) is 0.786.